The zero-order chi connectivity index (χ0) is 14.8. The first-order valence-corrected chi connectivity index (χ1v) is 6.35. The minimum absolute atomic E-state index is 0.0797. The lowest BCUT2D eigenvalue weighted by atomic mass is 10.1. The maximum atomic E-state index is 10.2. The van der Waals surface area contributed by atoms with Crippen molar-refractivity contribution in [1.82, 2.24) is 25.2 Å². The minimum Gasteiger partial charge on any atom is -0.385 e. The number of aliphatic hydroxyl groups excluding tert-OH is 1. The Hall–Kier alpha value is -1.83. The van der Waals surface area contributed by atoms with Gasteiger partial charge < -0.3 is 10.3 Å². The van der Waals surface area contributed by atoms with E-state index in [1.807, 2.05) is 20.8 Å². The van der Waals surface area contributed by atoms with Crippen molar-refractivity contribution in [3.8, 4) is 11.5 Å². The Bertz CT molecular complexity index is 550. The maximum absolute atomic E-state index is 10.2. The molecule has 2 rings (SSSR count). The first kappa shape index (κ1) is 14.6. The van der Waals surface area contributed by atoms with Crippen LogP contribution in [-0.4, -0.2) is 47.6 Å². The predicted octanol–water partition coefficient (Wildman–Crippen LogP) is 1.39. The van der Waals surface area contributed by atoms with Crippen molar-refractivity contribution in [2.45, 2.75) is 32.4 Å². The van der Waals surface area contributed by atoms with Gasteiger partial charge in [-0.05, 0) is 32.9 Å². The number of hydrogen-bond acceptors (Lipinski definition) is 6. The first-order chi connectivity index (χ1) is 9.38. The highest BCUT2D eigenvalue weighted by Crippen LogP contribution is 2.19. The van der Waals surface area contributed by atoms with E-state index in [-0.39, 0.29) is 6.54 Å². The van der Waals surface area contributed by atoms with Crippen molar-refractivity contribution in [2.75, 3.05) is 6.54 Å². The van der Waals surface area contributed by atoms with Gasteiger partial charge in [-0.2, -0.15) is 10.2 Å². The van der Waals surface area contributed by atoms with E-state index in [1.54, 1.807) is 18.2 Å². The molecule has 0 radical (unpaired) electrons. The number of nitrogens with zero attached hydrogens (tertiary/aromatic N) is 4. The summed E-state index contributed by atoms with van der Waals surface area (Å²) >= 11 is 0. The van der Waals surface area contributed by atoms with Crippen LogP contribution in [0.3, 0.4) is 0 Å². The SMILES string of the molecule is CC(C)(C)N(O)C[C@H](O)c1cccc(-c2ncn[nH]2)n1. The third-order valence-electron chi connectivity index (χ3n) is 2.89. The van der Waals surface area contributed by atoms with Crippen molar-refractivity contribution in [3.63, 3.8) is 0 Å². The molecule has 2 aromatic heterocycles. The fourth-order valence-electron chi connectivity index (χ4n) is 1.63. The summed E-state index contributed by atoms with van der Waals surface area (Å²) in [5.74, 6) is 0.538. The lowest BCUT2D eigenvalue weighted by molar-refractivity contribution is -0.172. The van der Waals surface area contributed by atoms with Crippen LogP contribution < -0.4 is 0 Å². The number of hydrogen-bond donors (Lipinski definition) is 3. The molecule has 0 aromatic carbocycles. The van der Waals surface area contributed by atoms with Gasteiger partial charge in [-0.3, -0.25) is 5.10 Å². The molecule has 0 bridgehead atoms. The number of β-amino-alcohol motifs (C(OH)–C–C–N with tert-alkyl or cyclic N) is 1. The summed E-state index contributed by atoms with van der Waals surface area (Å²) in [4.78, 5) is 8.35. The second-order valence-corrected chi connectivity index (χ2v) is 5.55. The zero-order valence-electron chi connectivity index (χ0n) is 11.8. The monoisotopic (exact) mass is 277 g/mol. The summed E-state index contributed by atoms with van der Waals surface area (Å²) in [5, 5.41) is 27.6. The van der Waals surface area contributed by atoms with Crippen LogP contribution in [-0.2, 0) is 0 Å². The van der Waals surface area contributed by atoms with E-state index in [4.69, 9.17) is 0 Å². The van der Waals surface area contributed by atoms with Crippen LogP contribution in [0.15, 0.2) is 24.5 Å². The first-order valence-electron chi connectivity index (χ1n) is 6.35. The largest absolute Gasteiger partial charge is 0.385 e. The molecule has 0 aliphatic rings. The average Bonchev–Trinajstić information content (AvgIpc) is 2.91. The van der Waals surface area contributed by atoms with Crippen LogP contribution in [0.4, 0.5) is 0 Å². The molecule has 0 saturated carbocycles. The Labute approximate surface area is 117 Å². The molecule has 0 spiro atoms. The third-order valence-corrected chi connectivity index (χ3v) is 2.89. The van der Waals surface area contributed by atoms with Gasteiger partial charge in [-0.15, -0.1) is 0 Å². The van der Waals surface area contributed by atoms with Gasteiger partial charge in [-0.25, -0.2) is 9.97 Å². The molecular formula is C13H19N5O2. The topological polar surface area (TPSA) is 98.2 Å². The Morgan fingerprint density at radius 3 is 2.70 bits per heavy atom. The fourth-order valence-corrected chi connectivity index (χ4v) is 1.63. The summed E-state index contributed by atoms with van der Waals surface area (Å²) in [6.07, 6.45) is 0.511. The van der Waals surface area contributed by atoms with E-state index in [1.165, 1.54) is 6.33 Å². The summed E-state index contributed by atoms with van der Waals surface area (Å²) < 4.78 is 0. The van der Waals surface area contributed by atoms with Crippen molar-refractivity contribution in [2.24, 2.45) is 0 Å². The highest BCUT2D eigenvalue weighted by atomic mass is 16.5. The summed E-state index contributed by atoms with van der Waals surface area (Å²) in [6, 6.07) is 5.26. The molecule has 0 fully saturated rings. The molecule has 0 amide bonds. The van der Waals surface area contributed by atoms with Crippen molar-refractivity contribution in [3.05, 3.63) is 30.2 Å². The Morgan fingerprint density at radius 2 is 2.10 bits per heavy atom. The lowest BCUT2D eigenvalue weighted by Crippen LogP contribution is -2.41. The quantitative estimate of drug-likeness (QED) is 0.730. The van der Waals surface area contributed by atoms with Crippen molar-refractivity contribution in [1.29, 1.82) is 0 Å². The smallest absolute Gasteiger partial charge is 0.174 e. The third kappa shape index (κ3) is 3.38. The number of H-pyrrole nitrogens is 1. The number of nitrogens with one attached hydrogen (secondary N) is 1. The predicted molar refractivity (Wildman–Crippen MR) is 72.8 cm³/mol. The number of aromatic nitrogens is 4. The van der Waals surface area contributed by atoms with E-state index in [0.717, 1.165) is 5.06 Å². The second kappa shape index (κ2) is 5.66. The highest BCUT2D eigenvalue weighted by Gasteiger charge is 2.23. The van der Waals surface area contributed by atoms with Gasteiger partial charge in [0, 0.05) is 5.54 Å². The van der Waals surface area contributed by atoms with Crippen LogP contribution >= 0.6 is 0 Å². The van der Waals surface area contributed by atoms with Gasteiger partial charge in [0.15, 0.2) is 5.82 Å². The van der Waals surface area contributed by atoms with Gasteiger partial charge in [0.1, 0.15) is 18.1 Å². The molecule has 0 saturated heterocycles. The molecule has 2 heterocycles. The summed E-state index contributed by atoms with van der Waals surface area (Å²) in [5.41, 5.74) is 0.630. The Kier molecular flexibility index (Phi) is 4.12. The Balaban J connectivity index is 2.15. The van der Waals surface area contributed by atoms with Crippen molar-refractivity contribution < 1.29 is 10.3 Å². The van der Waals surface area contributed by atoms with Crippen LogP contribution in [0.1, 0.15) is 32.6 Å². The highest BCUT2D eigenvalue weighted by molar-refractivity contribution is 5.48. The van der Waals surface area contributed by atoms with Crippen LogP contribution in [0, 0.1) is 0 Å². The number of pyridine rings is 1. The van der Waals surface area contributed by atoms with Crippen molar-refractivity contribution >= 4 is 0 Å². The number of aliphatic hydroxyl groups is 1. The summed E-state index contributed by atoms with van der Waals surface area (Å²) in [6.45, 7) is 5.66. The van der Waals surface area contributed by atoms with Crippen LogP contribution in [0.25, 0.3) is 11.5 Å². The number of aromatic amines is 1. The van der Waals surface area contributed by atoms with Gasteiger partial charge in [0.25, 0.3) is 0 Å². The van der Waals surface area contributed by atoms with E-state index in [2.05, 4.69) is 20.2 Å². The van der Waals surface area contributed by atoms with Gasteiger partial charge >= 0.3 is 0 Å². The van der Waals surface area contributed by atoms with Gasteiger partial charge in [-0.1, -0.05) is 6.07 Å². The van der Waals surface area contributed by atoms with Crippen LogP contribution in [0.2, 0.25) is 0 Å². The van der Waals surface area contributed by atoms with E-state index in [9.17, 15) is 10.3 Å². The molecule has 2 aromatic rings. The normalized spacial score (nSPS) is 13.7. The molecule has 0 aliphatic heterocycles. The Morgan fingerprint density at radius 1 is 1.35 bits per heavy atom. The van der Waals surface area contributed by atoms with E-state index < -0.39 is 11.6 Å². The molecule has 20 heavy (non-hydrogen) atoms. The molecule has 7 heteroatoms. The minimum atomic E-state index is -0.887. The molecule has 108 valence electrons. The van der Waals surface area contributed by atoms with Crippen LogP contribution in [0.5, 0.6) is 0 Å². The standard InChI is InChI=1S/C13H19N5O2/c1-13(2,3)18(20)7-11(19)9-5-4-6-10(16-9)12-14-8-15-17-12/h4-6,8,11,19-20H,7H2,1-3H3,(H,14,15,17)/t11-/m0/s1. The molecule has 3 N–H and O–H groups in total. The maximum Gasteiger partial charge on any atom is 0.174 e. The zero-order valence-corrected chi connectivity index (χ0v) is 11.8. The second-order valence-electron chi connectivity index (χ2n) is 5.55. The molecule has 0 unspecified atom stereocenters. The molecule has 0 aliphatic carbocycles. The molecular weight excluding hydrogens is 258 g/mol. The number of hydroxylamine groups is 2. The van der Waals surface area contributed by atoms with E-state index in [0.29, 0.717) is 17.2 Å². The fraction of sp³-hybridized carbons (Fsp3) is 0.462. The molecule has 1 atom stereocenters. The molecule has 7 nitrogen and oxygen atoms in total. The van der Waals surface area contributed by atoms with Gasteiger partial charge in [0.2, 0.25) is 0 Å². The van der Waals surface area contributed by atoms with Gasteiger partial charge in [0.05, 0.1) is 12.2 Å². The van der Waals surface area contributed by atoms with E-state index >= 15 is 0 Å². The summed E-state index contributed by atoms with van der Waals surface area (Å²) in [7, 11) is 0. The number of rotatable bonds is 4. The lowest BCUT2D eigenvalue weighted by Gasteiger charge is -2.30. The average molecular weight is 277 g/mol.